The number of nitrogens with zero attached hydrogens (tertiary/aromatic N) is 1. The number of hydrogen-bond acceptors (Lipinski definition) is 3. The van der Waals surface area contributed by atoms with Crippen LogP contribution in [-0.2, 0) is 4.74 Å². The molecule has 25 heavy (non-hydrogen) atoms. The highest BCUT2D eigenvalue weighted by atomic mass is 16.6. The zero-order valence-electron chi connectivity index (χ0n) is 15.3. The third kappa shape index (κ3) is 5.52. The van der Waals surface area contributed by atoms with E-state index in [0.717, 1.165) is 30.4 Å². The number of para-hydroxylation sites is 1. The third-order valence-electron chi connectivity index (χ3n) is 3.88. The first-order valence-electron chi connectivity index (χ1n) is 8.51. The number of likely N-dealkylation sites (tertiary alicyclic amines) is 1. The first-order chi connectivity index (χ1) is 11.7. The SMILES string of the molecule is CC(C)(C)OC(N)=O.CC1CCN(C(=O)c2cc3ccccc3[nH]2)C1. The van der Waals surface area contributed by atoms with Gasteiger partial charge in [-0.1, -0.05) is 25.1 Å². The molecule has 0 radical (unpaired) electrons. The number of nitrogens with two attached hydrogens (primary N) is 1. The molecule has 3 rings (SSSR count). The summed E-state index contributed by atoms with van der Waals surface area (Å²) in [6.45, 7) is 9.25. The fourth-order valence-corrected chi connectivity index (χ4v) is 2.78. The Balaban J connectivity index is 0.000000242. The van der Waals surface area contributed by atoms with Crippen LogP contribution in [0.5, 0.6) is 0 Å². The first kappa shape index (κ1) is 18.8. The number of ether oxygens (including phenoxy) is 1. The summed E-state index contributed by atoms with van der Waals surface area (Å²) >= 11 is 0. The Bertz CT molecular complexity index is 713. The second-order valence-corrected chi connectivity index (χ2v) is 7.45. The van der Waals surface area contributed by atoms with E-state index in [9.17, 15) is 9.59 Å². The number of aromatic amines is 1. The molecule has 6 heteroatoms. The van der Waals surface area contributed by atoms with Crippen molar-refractivity contribution in [2.45, 2.75) is 39.7 Å². The molecule has 6 nitrogen and oxygen atoms in total. The first-order valence-corrected chi connectivity index (χ1v) is 8.51. The molecule has 1 aliphatic heterocycles. The van der Waals surface area contributed by atoms with E-state index in [1.165, 1.54) is 0 Å². The van der Waals surface area contributed by atoms with Gasteiger partial charge in [0.05, 0.1) is 0 Å². The Kier molecular flexibility index (Phi) is 5.72. The molecule has 3 N–H and O–H groups in total. The van der Waals surface area contributed by atoms with E-state index >= 15 is 0 Å². The molecule has 2 amide bonds. The van der Waals surface area contributed by atoms with Gasteiger partial charge in [-0.3, -0.25) is 4.79 Å². The number of nitrogens with one attached hydrogen (secondary N) is 1. The van der Waals surface area contributed by atoms with Crippen molar-refractivity contribution in [2.24, 2.45) is 11.7 Å². The third-order valence-corrected chi connectivity index (χ3v) is 3.88. The fourth-order valence-electron chi connectivity index (χ4n) is 2.78. The van der Waals surface area contributed by atoms with Crippen LogP contribution in [0.1, 0.15) is 44.6 Å². The van der Waals surface area contributed by atoms with Gasteiger partial charge in [0.1, 0.15) is 11.3 Å². The maximum absolute atomic E-state index is 12.3. The summed E-state index contributed by atoms with van der Waals surface area (Å²) in [5.74, 6) is 0.758. The van der Waals surface area contributed by atoms with Gasteiger partial charge in [0, 0.05) is 24.0 Å². The van der Waals surface area contributed by atoms with E-state index in [-0.39, 0.29) is 5.91 Å². The minimum absolute atomic E-state index is 0.130. The molecule has 1 aliphatic rings. The van der Waals surface area contributed by atoms with E-state index in [1.54, 1.807) is 20.8 Å². The van der Waals surface area contributed by atoms with Crippen LogP contribution in [0.3, 0.4) is 0 Å². The molecule has 1 saturated heterocycles. The summed E-state index contributed by atoms with van der Waals surface area (Å²) in [6.07, 6.45) is 0.392. The van der Waals surface area contributed by atoms with Gasteiger partial charge in [0.25, 0.3) is 5.91 Å². The number of hydrogen-bond donors (Lipinski definition) is 2. The highest BCUT2D eigenvalue weighted by Crippen LogP contribution is 2.20. The van der Waals surface area contributed by atoms with Crippen molar-refractivity contribution in [1.82, 2.24) is 9.88 Å². The van der Waals surface area contributed by atoms with Crippen molar-refractivity contribution in [3.8, 4) is 0 Å². The highest BCUT2D eigenvalue weighted by molar-refractivity contribution is 5.98. The molecule has 2 heterocycles. The number of primary amides is 1. The molecule has 0 bridgehead atoms. The van der Waals surface area contributed by atoms with Gasteiger partial charge < -0.3 is 20.4 Å². The Labute approximate surface area is 148 Å². The summed E-state index contributed by atoms with van der Waals surface area (Å²) in [7, 11) is 0. The summed E-state index contributed by atoms with van der Waals surface area (Å²) in [5, 5.41) is 1.10. The summed E-state index contributed by atoms with van der Waals surface area (Å²) < 4.78 is 4.58. The Morgan fingerprint density at radius 2 is 1.96 bits per heavy atom. The highest BCUT2D eigenvalue weighted by Gasteiger charge is 2.25. The predicted molar refractivity (Wildman–Crippen MR) is 98.4 cm³/mol. The topological polar surface area (TPSA) is 88.4 Å². The average Bonchev–Trinajstić information content (AvgIpc) is 3.10. The number of fused-ring (bicyclic) bond motifs is 1. The number of carbonyl (C=O) groups is 2. The minimum Gasteiger partial charge on any atom is -0.444 e. The van der Waals surface area contributed by atoms with Crippen LogP contribution in [0, 0.1) is 5.92 Å². The quantitative estimate of drug-likeness (QED) is 0.828. The smallest absolute Gasteiger partial charge is 0.405 e. The van der Waals surface area contributed by atoms with Gasteiger partial charge in [0.2, 0.25) is 0 Å². The van der Waals surface area contributed by atoms with Crippen LogP contribution in [0.15, 0.2) is 30.3 Å². The number of rotatable bonds is 1. The minimum atomic E-state index is -0.725. The summed E-state index contributed by atoms with van der Waals surface area (Å²) in [4.78, 5) is 27.4. The maximum Gasteiger partial charge on any atom is 0.405 e. The zero-order valence-corrected chi connectivity index (χ0v) is 15.3. The van der Waals surface area contributed by atoms with E-state index in [2.05, 4.69) is 16.6 Å². The summed E-state index contributed by atoms with van der Waals surface area (Å²) in [5.41, 5.74) is 6.00. The lowest BCUT2D eigenvalue weighted by Gasteiger charge is -2.16. The molecule has 1 unspecified atom stereocenters. The van der Waals surface area contributed by atoms with Crippen molar-refractivity contribution in [3.05, 3.63) is 36.0 Å². The Morgan fingerprint density at radius 1 is 1.28 bits per heavy atom. The fraction of sp³-hybridized carbons (Fsp3) is 0.474. The van der Waals surface area contributed by atoms with Crippen molar-refractivity contribution in [1.29, 1.82) is 0 Å². The molecule has 1 aromatic heterocycles. The van der Waals surface area contributed by atoms with Gasteiger partial charge >= 0.3 is 6.09 Å². The average molecular weight is 345 g/mol. The molecule has 1 fully saturated rings. The van der Waals surface area contributed by atoms with Crippen molar-refractivity contribution < 1.29 is 14.3 Å². The van der Waals surface area contributed by atoms with E-state index in [0.29, 0.717) is 11.6 Å². The van der Waals surface area contributed by atoms with E-state index < -0.39 is 11.7 Å². The molecule has 1 atom stereocenters. The molecule has 0 spiro atoms. The van der Waals surface area contributed by atoms with Gasteiger partial charge in [-0.05, 0) is 45.2 Å². The predicted octanol–water partition coefficient (Wildman–Crippen LogP) is 3.53. The Hall–Kier alpha value is -2.50. The van der Waals surface area contributed by atoms with Crippen molar-refractivity contribution in [3.63, 3.8) is 0 Å². The van der Waals surface area contributed by atoms with E-state index in [1.807, 2.05) is 35.2 Å². The van der Waals surface area contributed by atoms with Crippen LogP contribution in [0.25, 0.3) is 10.9 Å². The van der Waals surface area contributed by atoms with Crippen LogP contribution >= 0.6 is 0 Å². The number of benzene rings is 1. The largest absolute Gasteiger partial charge is 0.444 e. The lowest BCUT2D eigenvalue weighted by Crippen LogP contribution is -2.28. The normalized spacial score (nSPS) is 17.1. The molecular formula is C19H27N3O3. The van der Waals surface area contributed by atoms with Crippen molar-refractivity contribution >= 4 is 22.9 Å². The second-order valence-electron chi connectivity index (χ2n) is 7.45. The number of aromatic nitrogens is 1. The number of amides is 2. The molecule has 0 aliphatic carbocycles. The Morgan fingerprint density at radius 3 is 2.44 bits per heavy atom. The number of H-pyrrole nitrogens is 1. The lowest BCUT2D eigenvalue weighted by molar-refractivity contribution is 0.0599. The van der Waals surface area contributed by atoms with Crippen LogP contribution in [-0.4, -0.2) is 40.6 Å². The van der Waals surface area contributed by atoms with Gasteiger partial charge in [-0.2, -0.15) is 0 Å². The monoisotopic (exact) mass is 345 g/mol. The second kappa shape index (κ2) is 7.59. The standard InChI is InChI=1S/C14H16N2O.C5H11NO2/c1-10-6-7-16(9-10)14(17)13-8-11-4-2-3-5-12(11)15-13;1-5(2,3)8-4(6)7/h2-5,8,10,15H,6-7,9H2,1H3;1-3H3,(H2,6,7). The molecular weight excluding hydrogens is 318 g/mol. The molecule has 1 aromatic carbocycles. The molecule has 0 saturated carbocycles. The van der Waals surface area contributed by atoms with Crippen molar-refractivity contribution in [2.75, 3.05) is 13.1 Å². The molecule has 2 aromatic rings. The van der Waals surface area contributed by atoms with Gasteiger partial charge in [0.15, 0.2) is 0 Å². The van der Waals surface area contributed by atoms with Crippen LogP contribution in [0.4, 0.5) is 4.79 Å². The lowest BCUT2D eigenvalue weighted by atomic mass is 10.2. The van der Waals surface area contributed by atoms with Crippen LogP contribution in [0.2, 0.25) is 0 Å². The maximum atomic E-state index is 12.3. The van der Waals surface area contributed by atoms with Gasteiger partial charge in [-0.25, -0.2) is 4.79 Å². The number of carbonyl (C=O) groups excluding carboxylic acids is 2. The molecule has 136 valence electrons. The van der Waals surface area contributed by atoms with Gasteiger partial charge in [-0.15, -0.1) is 0 Å². The van der Waals surface area contributed by atoms with Crippen LogP contribution < -0.4 is 5.73 Å². The summed E-state index contributed by atoms with van der Waals surface area (Å²) in [6, 6.07) is 9.93. The van der Waals surface area contributed by atoms with E-state index in [4.69, 9.17) is 5.73 Å². The zero-order chi connectivity index (χ0) is 18.6.